The van der Waals surface area contributed by atoms with Crippen LogP contribution in [0.1, 0.15) is 0 Å². The molecule has 2 saturated heterocycles. The van der Waals surface area contributed by atoms with Gasteiger partial charge < -0.3 is 19.7 Å². The van der Waals surface area contributed by atoms with E-state index in [0.717, 1.165) is 0 Å². The minimum Gasteiger partial charge on any atom is -0.442 e. The number of nitrogens with one attached hydrogen (secondary N) is 1. The van der Waals surface area contributed by atoms with Gasteiger partial charge in [0.05, 0.1) is 37.7 Å². The molecule has 6 nitrogen and oxygen atoms in total. The maximum atomic E-state index is 14.5. The number of benzene rings is 1. The molecule has 2 aliphatic rings. The van der Waals surface area contributed by atoms with Gasteiger partial charge in [0.25, 0.3) is 0 Å². The second-order valence-electron chi connectivity index (χ2n) is 5.72. The highest BCUT2D eigenvalue weighted by molar-refractivity contribution is 8.22. The molecular formula is C16H20FN3O3S2. The Morgan fingerprint density at radius 2 is 2.20 bits per heavy atom. The smallest absolute Gasteiger partial charge is 0.414 e. The average Bonchev–Trinajstić information content (AvgIpc) is 3.01. The lowest BCUT2D eigenvalue weighted by Gasteiger charge is -2.29. The highest BCUT2D eigenvalue weighted by atomic mass is 32.2. The van der Waals surface area contributed by atoms with Gasteiger partial charge in [0.2, 0.25) is 0 Å². The molecule has 0 aliphatic carbocycles. The van der Waals surface area contributed by atoms with Crippen LogP contribution in [0.2, 0.25) is 0 Å². The van der Waals surface area contributed by atoms with Crippen LogP contribution < -0.4 is 15.1 Å². The summed E-state index contributed by atoms with van der Waals surface area (Å²) in [5.74, 6) is -0.350. The van der Waals surface area contributed by atoms with E-state index in [4.69, 9.17) is 21.7 Å². The zero-order chi connectivity index (χ0) is 17.8. The SMILES string of the molecule is CSC(=S)NC[C@H]1CN(c2ccc(N3CCOCC3)c(F)c2)C(=O)O1. The van der Waals surface area contributed by atoms with Crippen LogP contribution in [-0.4, -0.2) is 62.2 Å². The Kier molecular flexibility index (Phi) is 5.98. The molecule has 3 rings (SSSR count). The Labute approximate surface area is 155 Å². The number of morpholine rings is 1. The molecule has 1 aromatic rings. The summed E-state index contributed by atoms with van der Waals surface area (Å²) in [4.78, 5) is 15.5. The molecule has 0 radical (unpaired) electrons. The molecule has 25 heavy (non-hydrogen) atoms. The fraction of sp³-hybridized carbons (Fsp3) is 0.500. The lowest BCUT2D eigenvalue weighted by atomic mass is 10.2. The fourth-order valence-corrected chi connectivity index (χ4v) is 3.14. The van der Waals surface area contributed by atoms with E-state index in [2.05, 4.69) is 5.32 Å². The number of amides is 1. The lowest BCUT2D eigenvalue weighted by molar-refractivity contribution is 0.122. The van der Waals surface area contributed by atoms with E-state index in [9.17, 15) is 9.18 Å². The van der Waals surface area contributed by atoms with E-state index in [-0.39, 0.29) is 11.9 Å². The standard InChI is InChI=1S/C16H20FN3O3S2/c1-25-15(24)18-9-12-10-20(16(21)23-12)11-2-3-14(13(17)8-11)19-4-6-22-7-5-19/h2-3,8,12H,4-7,9-10H2,1H3,(H,18,24)/t12-/m0/s1. The van der Waals surface area contributed by atoms with Crippen molar-refractivity contribution in [3.05, 3.63) is 24.0 Å². The third-order valence-corrected chi connectivity index (χ3v) is 5.29. The molecule has 136 valence electrons. The van der Waals surface area contributed by atoms with Crippen molar-refractivity contribution in [2.45, 2.75) is 6.10 Å². The quantitative estimate of drug-likeness (QED) is 0.798. The minimum atomic E-state index is -0.472. The summed E-state index contributed by atoms with van der Waals surface area (Å²) >= 11 is 6.50. The number of carbonyl (C=O) groups is 1. The van der Waals surface area contributed by atoms with E-state index in [1.54, 1.807) is 12.1 Å². The molecule has 1 aromatic carbocycles. The molecule has 1 N–H and O–H groups in total. The Balaban J connectivity index is 1.66. The van der Waals surface area contributed by atoms with Gasteiger partial charge in [-0.1, -0.05) is 12.2 Å². The largest absolute Gasteiger partial charge is 0.442 e. The third kappa shape index (κ3) is 4.34. The summed E-state index contributed by atoms with van der Waals surface area (Å²) in [6.07, 6.45) is 1.08. The van der Waals surface area contributed by atoms with Crippen molar-refractivity contribution in [1.82, 2.24) is 5.32 Å². The van der Waals surface area contributed by atoms with Gasteiger partial charge in [-0.15, -0.1) is 11.8 Å². The summed E-state index contributed by atoms with van der Waals surface area (Å²) in [6.45, 7) is 3.30. The summed E-state index contributed by atoms with van der Waals surface area (Å²) < 4.78 is 25.8. The third-order valence-electron chi connectivity index (χ3n) is 4.13. The molecule has 0 bridgehead atoms. The molecule has 2 aliphatic heterocycles. The number of cyclic esters (lactones) is 1. The summed E-state index contributed by atoms with van der Waals surface area (Å²) in [5, 5.41) is 3.03. The molecule has 1 atom stereocenters. The Bertz CT molecular complexity index is 656. The first-order chi connectivity index (χ1) is 12.1. The van der Waals surface area contributed by atoms with Gasteiger partial charge in [-0.3, -0.25) is 4.90 Å². The topological polar surface area (TPSA) is 54.0 Å². The predicted octanol–water partition coefficient (Wildman–Crippen LogP) is 2.23. The Morgan fingerprint density at radius 1 is 1.44 bits per heavy atom. The van der Waals surface area contributed by atoms with Gasteiger partial charge in [0.1, 0.15) is 16.2 Å². The number of rotatable bonds is 4. The molecule has 0 unspecified atom stereocenters. The molecular weight excluding hydrogens is 365 g/mol. The van der Waals surface area contributed by atoms with Crippen LogP contribution in [0, 0.1) is 5.82 Å². The summed E-state index contributed by atoms with van der Waals surface area (Å²) in [6, 6.07) is 4.84. The molecule has 0 aromatic heterocycles. The predicted molar refractivity (Wildman–Crippen MR) is 101 cm³/mol. The van der Waals surface area contributed by atoms with Crippen LogP contribution in [0.4, 0.5) is 20.6 Å². The van der Waals surface area contributed by atoms with Crippen molar-refractivity contribution in [2.24, 2.45) is 0 Å². The van der Waals surface area contributed by atoms with Crippen LogP contribution in [0.15, 0.2) is 18.2 Å². The second kappa shape index (κ2) is 8.20. The monoisotopic (exact) mass is 385 g/mol. The molecule has 0 saturated carbocycles. The van der Waals surface area contributed by atoms with Crippen molar-refractivity contribution < 1.29 is 18.7 Å². The van der Waals surface area contributed by atoms with Crippen LogP contribution in [-0.2, 0) is 9.47 Å². The Hall–Kier alpha value is -1.58. The average molecular weight is 385 g/mol. The van der Waals surface area contributed by atoms with Gasteiger partial charge in [-0.25, -0.2) is 9.18 Å². The number of hydrogen-bond donors (Lipinski definition) is 1. The zero-order valence-electron chi connectivity index (χ0n) is 13.9. The van der Waals surface area contributed by atoms with Crippen molar-refractivity contribution in [3.8, 4) is 0 Å². The van der Waals surface area contributed by atoms with E-state index in [1.807, 2.05) is 11.2 Å². The van der Waals surface area contributed by atoms with E-state index < -0.39 is 6.09 Å². The number of carbonyl (C=O) groups excluding carboxylic acids is 1. The van der Waals surface area contributed by atoms with Gasteiger partial charge in [-0.05, 0) is 24.5 Å². The van der Waals surface area contributed by atoms with Crippen LogP contribution >= 0.6 is 24.0 Å². The number of nitrogens with zero attached hydrogens (tertiary/aromatic N) is 2. The van der Waals surface area contributed by atoms with E-state index in [0.29, 0.717) is 55.1 Å². The van der Waals surface area contributed by atoms with E-state index >= 15 is 0 Å². The van der Waals surface area contributed by atoms with Gasteiger partial charge in [0.15, 0.2) is 0 Å². The van der Waals surface area contributed by atoms with Gasteiger partial charge in [-0.2, -0.15) is 0 Å². The number of anilines is 2. The normalized spacial score (nSPS) is 20.6. The maximum absolute atomic E-state index is 14.5. The fourth-order valence-electron chi connectivity index (χ4n) is 2.83. The van der Waals surface area contributed by atoms with Crippen molar-refractivity contribution in [1.29, 1.82) is 0 Å². The van der Waals surface area contributed by atoms with E-state index in [1.165, 1.54) is 22.7 Å². The first-order valence-electron chi connectivity index (χ1n) is 8.00. The Morgan fingerprint density at radius 3 is 2.88 bits per heavy atom. The summed E-state index contributed by atoms with van der Waals surface area (Å²) in [5.41, 5.74) is 1.03. The van der Waals surface area contributed by atoms with Gasteiger partial charge >= 0.3 is 6.09 Å². The van der Waals surface area contributed by atoms with Gasteiger partial charge in [0, 0.05) is 13.1 Å². The minimum absolute atomic E-state index is 0.320. The molecule has 2 heterocycles. The number of ether oxygens (including phenoxy) is 2. The van der Waals surface area contributed by atoms with Crippen LogP contribution in [0.3, 0.4) is 0 Å². The molecule has 9 heteroatoms. The van der Waals surface area contributed by atoms with Crippen LogP contribution in [0.25, 0.3) is 0 Å². The molecule has 2 fully saturated rings. The summed E-state index contributed by atoms with van der Waals surface area (Å²) in [7, 11) is 0. The van der Waals surface area contributed by atoms with Crippen molar-refractivity contribution in [2.75, 3.05) is 55.4 Å². The van der Waals surface area contributed by atoms with Crippen LogP contribution in [0.5, 0.6) is 0 Å². The maximum Gasteiger partial charge on any atom is 0.414 e. The lowest BCUT2D eigenvalue weighted by Crippen LogP contribution is -2.36. The number of halogens is 1. The molecule has 0 spiro atoms. The number of hydrogen-bond acceptors (Lipinski definition) is 6. The highest BCUT2D eigenvalue weighted by Crippen LogP contribution is 2.28. The zero-order valence-corrected chi connectivity index (χ0v) is 15.5. The van der Waals surface area contributed by atoms with Crippen molar-refractivity contribution in [3.63, 3.8) is 0 Å². The molecule has 1 amide bonds. The first kappa shape index (κ1) is 18.2. The highest BCUT2D eigenvalue weighted by Gasteiger charge is 2.32. The number of thioether (sulfide) groups is 1. The van der Waals surface area contributed by atoms with Crippen molar-refractivity contribution >= 4 is 45.8 Å². The second-order valence-corrected chi connectivity index (χ2v) is 7.21. The first-order valence-corrected chi connectivity index (χ1v) is 9.64. The number of thiocarbonyl (C=S) groups is 1.